The first kappa shape index (κ1) is 39.2. The van der Waals surface area contributed by atoms with Crippen LogP contribution < -0.4 is 26.2 Å². The number of aryl methyl sites for hydroxylation is 1. The van der Waals surface area contributed by atoms with Gasteiger partial charge in [0, 0.05) is 38.9 Å². The lowest BCUT2D eigenvalue weighted by molar-refractivity contribution is 0.195. The third-order valence-electron chi connectivity index (χ3n) is 16.8. The Hall–Kier alpha value is -4.70. The van der Waals surface area contributed by atoms with E-state index >= 15 is 0 Å². The van der Waals surface area contributed by atoms with Crippen molar-refractivity contribution in [3.63, 3.8) is 0 Å². The molecule has 2 aliphatic carbocycles. The maximum absolute atomic E-state index is 7.60. The molecular weight excluding hydrogens is 739 g/mol. The van der Waals surface area contributed by atoms with Crippen LogP contribution in [0.3, 0.4) is 0 Å². The highest BCUT2D eigenvalue weighted by molar-refractivity contribution is 7.01. The van der Waals surface area contributed by atoms with Crippen LogP contribution >= 0.6 is 0 Å². The molecule has 6 aromatic rings. The Balaban J connectivity index is 1.31. The molecule has 11 rings (SSSR count). The molecule has 61 heavy (non-hydrogen) atoms. The van der Waals surface area contributed by atoms with Gasteiger partial charge in [-0.25, -0.2) is 0 Å². The number of fused-ring (bicyclic) bond motifs is 10. The molecule has 312 valence electrons. The van der Waals surface area contributed by atoms with Crippen molar-refractivity contribution in [2.24, 2.45) is 0 Å². The number of benzene rings is 5. The third-order valence-corrected chi connectivity index (χ3v) is 16.8. The summed E-state index contributed by atoms with van der Waals surface area (Å²) in [7, 11) is 0. The van der Waals surface area contributed by atoms with E-state index in [0.29, 0.717) is 0 Å². The van der Waals surface area contributed by atoms with Crippen LogP contribution in [0.1, 0.15) is 155 Å². The molecular formula is C57H65BN2O. The van der Waals surface area contributed by atoms with Crippen LogP contribution in [0.4, 0.5) is 28.6 Å². The largest absolute Gasteiger partial charge is 0.440 e. The van der Waals surface area contributed by atoms with Crippen molar-refractivity contribution in [2.45, 2.75) is 161 Å². The van der Waals surface area contributed by atoms with E-state index in [-0.39, 0.29) is 39.3 Å². The van der Waals surface area contributed by atoms with Gasteiger partial charge in [-0.1, -0.05) is 138 Å². The van der Waals surface area contributed by atoms with Crippen molar-refractivity contribution in [1.82, 2.24) is 0 Å². The molecule has 0 amide bonds. The summed E-state index contributed by atoms with van der Waals surface area (Å²) in [5.74, 6) is 0.971. The highest BCUT2D eigenvalue weighted by atomic mass is 16.4. The maximum atomic E-state index is 7.60. The Labute approximate surface area is 366 Å². The molecule has 0 spiro atoms. The van der Waals surface area contributed by atoms with Gasteiger partial charge in [0.2, 0.25) is 5.88 Å². The SMILES string of the molecule is Cc1cc2c3c(c1)N1c4c(cc(C(C)(C)C)cc4C4(C)CCCCC14C)B3c1c(oc3cc4c(cc13)C(C)(C)CCC4(C)C)N2c1ccc(C(C)(C)C)cc1-c1ccccc1. The minimum absolute atomic E-state index is 0.00712. The summed E-state index contributed by atoms with van der Waals surface area (Å²) in [4.78, 5) is 5.44. The zero-order chi connectivity index (χ0) is 43.0. The van der Waals surface area contributed by atoms with E-state index in [0.717, 1.165) is 11.5 Å². The summed E-state index contributed by atoms with van der Waals surface area (Å²) >= 11 is 0. The van der Waals surface area contributed by atoms with Gasteiger partial charge in [0.1, 0.15) is 5.58 Å². The maximum Gasteiger partial charge on any atom is 0.257 e. The number of hydrogen-bond acceptors (Lipinski definition) is 3. The van der Waals surface area contributed by atoms with E-state index in [2.05, 4.69) is 185 Å². The van der Waals surface area contributed by atoms with Crippen molar-refractivity contribution in [3.05, 3.63) is 118 Å². The number of nitrogens with zero attached hydrogens (tertiary/aromatic N) is 2. The molecule has 0 radical (unpaired) electrons. The van der Waals surface area contributed by atoms with Crippen LogP contribution in [-0.2, 0) is 27.1 Å². The second-order valence-electron chi connectivity index (χ2n) is 23.7. The van der Waals surface area contributed by atoms with Gasteiger partial charge < -0.3 is 9.32 Å². The molecule has 0 N–H and O–H groups in total. The van der Waals surface area contributed by atoms with Crippen molar-refractivity contribution in [1.29, 1.82) is 0 Å². The smallest absolute Gasteiger partial charge is 0.257 e. The van der Waals surface area contributed by atoms with Gasteiger partial charge in [-0.3, -0.25) is 4.90 Å². The average molecular weight is 805 g/mol. The predicted molar refractivity (Wildman–Crippen MR) is 261 cm³/mol. The molecule has 4 heteroatoms. The first-order valence-corrected chi connectivity index (χ1v) is 23.4. The van der Waals surface area contributed by atoms with E-state index < -0.39 is 0 Å². The van der Waals surface area contributed by atoms with E-state index in [4.69, 9.17) is 4.42 Å². The highest BCUT2D eigenvalue weighted by Crippen LogP contribution is 2.63. The molecule has 3 aliphatic heterocycles. The fraction of sp³-hybridized carbons (Fsp3) is 0.439. The van der Waals surface area contributed by atoms with Crippen molar-refractivity contribution >= 4 is 62.7 Å². The van der Waals surface area contributed by atoms with Crippen LogP contribution in [0.15, 0.2) is 89.3 Å². The number of rotatable bonds is 2. The second kappa shape index (κ2) is 12.3. The van der Waals surface area contributed by atoms with Gasteiger partial charge in [-0.2, -0.15) is 0 Å². The molecule has 5 aromatic carbocycles. The van der Waals surface area contributed by atoms with Crippen molar-refractivity contribution in [3.8, 4) is 11.1 Å². The molecule has 3 nitrogen and oxygen atoms in total. The van der Waals surface area contributed by atoms with E-state index in [1.807, 2.05) is 0 Å². The van der Waals surface area contributed by atoms with E-state index in [1.165, 1.54) is 122 Å². The van der Waals surface area contributed by atoms with Crippen LogP contribution in [0.5, 0.6) is 0 Å². The molecule has 1 fully saturated rings. The van der Waals surface area contributed by atoms with Crippen LogP contribution in [-0.4, -0.2) is 12.3 Å². The van der Waals surface area contributed by atoms with Gasteiger partial charge in [0.15, 0.2) is 0 Å². The number of hydrogen-bond donors (Lipinski definition) is 0. The molecule has 2 unspecified atom stereocenters. The lowest BCUT2D eigenvalue weighted by Crippen LogP contribution is -2.64. The lowest BCUT2D eigenvalue weighted by Gasteiger charge is -2.52. The minimum atomic E-state index is -0.0484. The quantitative estimate of drug-likeness (QED) is 0.162. The van der Waals surface area contributed by atoms with Crippen LogP contribution in [0, 0.1) is 6.92 Å². The van der Waals surface area contributed by atoms with Gasteiger partial charge >= 0.3 is 0 Å². The first-order valence-electron chi connectivity index (χ1n) is 23.4. The summed E-state index contributed by atoms with van der Waals surface area (Å²) in [6.07, 6.45) is 7.27. The highest BCUT2D eigenvalue weighted by Gasteiger charge is 2.62. The Morgan fingerprint density at radius 2 is 1.26 bits per heavy atom. The molecule has 2 atom stereocenters. The van der Waals surface area contributed by atoms with E-state index in [1.54, 1.807) is 5.56 Å². The molecule has 1 saturated carbocycles. The Morgan fingerprint density at radius 3 is 1.95 bits per heavy atom. The summed E-state index contributed by atoms with van der Waals surface area (Å²) in [6.45, 7) is 31.6. The Morgan fingerprint density at radius 1 is 0.607 bits per heavy atom. The summed E-state index contributed by atoms with van der Waals surface area (Å²) in [5, 5.41) is 1.27. The van der Waals surface area contributed by atoms with Crippen LogP contribution in [0.2, 0.25) is 0 Å². The van der Waals surface area contributed by atoms with Crippen molar-refractivity contribution in [2.75, 3.05) is 9.80 Å². The molecule has 0 saturated heterocycles. The zero-order valence-electron chi connectivity index (χ0n) is 39.2. The Kier molecular flexibility index (Phi) is 7.88. The van der Waals surface area contributed by atoms with Crippen LogP contribution in [0.25, 0.3) is 22.1 Å². The molecule has 4 heterocycles. The first-order chi connectivity index (χ1) is 28.6. The van der Waals surface area contributed by atoms with Crippen molar-refractivity contribution < 1.29 is 4.42 Å². The normalized spacial score (nSPS) is 23.1. The average Bonchev–Trinajstić information content (AvgIpc) is 3.67. The molecule has 5 aliphatic rings. The fourth-order valence-electron chi connectivity index (χ4n) is 12.8. The summed E-state index contributed by atoms with van der Waals surface area (Å²) in [6, 6.07) is 33.6. The molecule has 1 aromatic heterocycles. The van der Waals surface area contributed by atoms with Gasteiger partial charge in [0.25, 0.3) is 6.71 Å². The van der Waals surface area contributed by atoms with Gasteiger partial charge in [-0.05, 0) is 147 Å². The summed E-state index contributed by atoms with van der Waals surface area (Å²) in [5.41, 5.74) is 21.6. The fourth-order valence-corrected chi connectivity index (χ4v) is 12.8. The predicted octanol–water partition coefficient (Wildman–Crippen LogP) is 13.7. The number of furan rings is 1. The third kappa shape index (κ3) is 5.23. The standard InChI is InChI=1S/C57H65BN2O/c1-34-27-45-49-46(28-34)60-50-42(56(12)23-17-18-24-57(56,60)13)30-37(53(5,6)7)31-43(50)58(49)48-39-32-40-41(55(10,11)26-25-54(40,8)9)33-47(39)61-51(48)59(45)44-22-21-36(52(2,3)4)29-38(44)35-19-15-14-16-20-35/h14-16,19-22,27-33H,17-18,23-26H2,1-13H3. The minimum Gasteiger partial charge on any atom is -0.440 e. The zero-order valence-corrected chi connectivity index (χ0v) is 39.2. The molecule has 0 bridgehead atoms. The van der Waals surface area contributed by atoms with E-state index in [9.17, 15) is 0 Å². The lowest BCUT2D eigenvalue weighted by atomic mass is 9.33. The second-order valence-corrected chi connectivity index (χ2v) is 23.7. The van der Waals surface area contributed by atoms with Gasteiger partial charge in [-0.15, -0.1) is 0 Å². The topological polar surface area (TPSA) is 19.6 Å². The van der Waals surface area contributed by atoms with Gasteiger partial charge in [0.05, 0.1) is 11.2 Å². The Bertz CT molecular complexity index is 2850. The monoisotopic (exact) mass is 805 g/mol. The number of anilines is 5. The summed E-state index contributed by atoms with van der Waals surface area (Å²) < 4.78 is 7.60.